The minimum absolute atomic E-state index is 0.278. The normalized spacial score (nSPS) is 11.0. The van der Waals surface area contributed by atoms with Gasteiger partial charge in [0.25, 0.3) is 5.91 Å². The Balaban J connectivity index is 1.56. The van der Waals surface area contributed by atoms with Crippen LogP contribution >= 0.6 is 11.3 Å². The summed E-state index contributed by atoms with van der Waals surface area (Å²) >= 11 is 1.59. The number of hydrogen-bond donors (Lipinski definition) is 2. The van der Waals surface area contributed by atoms with E-state index in [4.69, 9.17) is 4.42 Å². The highest BCUT2D eigenvalue weighted by atomic mass is 32.1. The number of H-pyrrole nitrogens is 1. The molecule has 0 atom stereocenters. The Hall–Kier alpha value is -2.93. The van der Waals surface area contributed by atoms with Crippen LogP contribution in [0.3, 0.4) is 0 Å². The molecule has 0 aliphatic heterocycles. The Labute approximate surface area is 135 Å². The minimum atomic E-state index is -0.278. The smallest absolute Gasteiger partial charge is 0.276 e. The van der Waals surface area contributed by atoms with Gasteiger partial charge in [-0.05, 0) is 37.3 Å². The molecule has 0 unspecified atom stereocenters. The SMILES string of the molecule is Cc1nc2ccc(NC(=O)c3cc(-c4ccco4)[nH]n3)cc2s1. The quantitative estimate of drug-likeness (QED) is 0.599. The van der Waals surface area contributed by atoms with Crippen LogP contribution in [-0.2, 0) is 0 Å². The number of anilines is 1. The molecule has 0 fully saturated rings. The van der Waals surface area contributed by atoms with Crippen molar-refractivity contribution in [3.8, 4) is 11.5 Å². The summed E-state index contributed by atoms with van der Waals surface area (Å²) in [5.41, 5.74) is 2.62. The van der Waals surface area contributed by atoms with Gasteiger partial charge in [-0.1, -0.05) is 0 Å². The second-order valence-electron chi connectivity index (χ2n) is 5.01. The Morgan fingerprint density at radius 1 is 1.30 bits per heavy atom. The summed E-state index contributed by atoms with van der Waals surface area (Å²) in [5, 5.41) is 10.7. The number of amides is 1. The predicted molar refractivity (Wildman–Crippen MR) is 88.6 cm³/mol. The lowest BCUT2D eigenvalue weighted by Crippen LogP contribution is -2.12. The zero-order valence-corrected chi connectivity index (χ0v) is 13.0. The maximum atomic E-state index is 12.3. The van der Waals surface area contributed by atoms with Gasteiger partial charge in [-0.25, -0.2) is 4.98 Å². The molecule has 2 N–H and O–H groups in total. The molecule has 3 aromatic heterocycles. The number of carbonyl (C=O) groups excluding carboxylic acids is 1. The summed E-state index contributed by atoms with van der Waals surface area (Å²) in [5.74, 6) is 0.359. The molecule has 23 heavy (non-hydrogen) atoms. The van der Waals surface area contributed by atoms with E-state index in [2.05, 4.69) is 20.5 Å². The molecule has 0 aliphatic carbocycles. The fourth-order valence-corrected chi connectivity index (χ4v) is 3.18. The highest BCUT2D eigenvalue weighted by Gasteiger charge is 2.13. The van der Waals surface area contributed by atoms with Gasteiger partial charge in [0.2, 0.25) is 0 Å². The van der Waals surface area contributed by atoms with E-state index in [9.17, 15) is 4.79 Å². The van der Waals surface area contributed by atoms with Crippen LogP contribution in [0.1, 0.15) is 15.5 Å². The van der Waals surface area contributed by atoms with Crippen LogP contribution < -0.4 is 5.32 Å². The van der Waals surface area contributed by atoms with Gasteiger partial charge in [-0.15, -0.1) is 11.3 Å². The van der Waals surface area contributed by atoms with E-state index in [0.29, 0.717) is 22.8 Å². The number of rotatable bonds is 3. The molecule has 0 saturated carbocycles. The number of nitrogens with one attached hydrogen (secondary N) is 2. The largest absolute Gasteiger partial charge is 0.463 e. The van der Waals surface area contributed by atoms with Gasteiger partial charge in [0.05, 0.1) is 21.5 Å². The summed E-state index contributed by atoms with van der Waals surface area (Å²) in [6, 6.07) is 10.9. The maximum absolute atomic E-state index is 12.3. The van der Waals surface area contributed by atoms with E-state index < -0.39 is 0 Å². The van der Waals surface area contributed by atoms with Gasteiger partial charge in [-0.2, -0.15) is 5.10 Å². The van der Waals surface area contributed by atoms with Crippen molar-refractivity contribution in [2.45, 2.75) is 6.92 Å². The van der Waals surface area contributed by atoms with Crippen LogP contribution in [-0.4, -0.2) is 21.1 Å². The first-order chi connectivity index (χ1) is 11.2. The Kier molecular flexibility index (Phi) is 3.20. The second kappa shape index (κ2) is 5.36. The third-order valence-electron chi connectivity index (χ3n) is 3.35. The van der Waals surface area contributed by atoms with Gasteiger partial charge in [0.15, 0.2) is 11.5 Å². The highest BCUT2D eigenvalue weighted by molar-refractivity contribution is 7.18. The summed E-state index contributed by atoms with van der Waals surface area (Å²) in [6.07, 6.45) is 1.57. The molecule has 114 valence electrons. The van der Waals surface area contributed by atoms with Gasteiger partial charge in [-0.3, -0.25) is 9.89 Å². The number of carbonyl (C=O) groups is 1. The van der Waals surface area contributed by atoms with Crippen LogP contribution in [0, 0.1) is 6.92 Å². The molecule has 0 radical (unpaired) electrons. The molecule has 6 nitrogen and oxygen atoms in total. The van der Waals surface area contributed by atoms with Gasteiger partial charge in [0.1, 0.15) is 5.69 Å². The van der Waals surface area contributed by atoms with E-state index >= 15 is 0 Å². The number of thiazole rings is 1. The third-order valence-corrected chi connectivity index (χ3v) is 4.28. The van der Waals surface area contributed by atoms with E-state index in [1.807, 2.05) is 25.1 Å². The number of aromatic nitrogens is 3. The number of furan rings is 1. The fourth-order valence-electron chi connectivity index (χ4n) is 2.31. The molecule has 0 saturated heterocycles. The highest BCUT2D eigenvalue weighted by Crippen LogP contribution is 2.25. The number of fused-ring (bicyclic) bond motifs is 1. The predicted octanol–water partition coefficient (Wildman–Crippen LogP) is 3.84. The van der Waals surface area contributed by atoms with Crippen molar-refractivity contribution in [1.29, 1.82) is 0 Å². The van der Waals surface area contributed by atoms with Gasteiger partial charge in [0, 0.05) is 11.8 Å². The van der Waals surface area contributed by atoms with Crippen LogP contribution in [0.15, 0.2) is 47.1 Å². The lowest BCUT2D eigenvalue weighted by molar-refractivity contribution is 0.102. The first kappa shape index (κ1) is 13.7. The Morgan fingerprint density at radius 2 is 2.22 bits per heavy atom. The van der Waals surface area contributed by atoms with Crippen molar-refractivity contribution >= 4 is 33.1 Å². The number of aryl methyl sites for hydroxylation is 1. The average molecular weight is 324 g/mol. The van der Waals surface area contributed by atoms with Gasteiger partial charge >= 0.3 is 0 Å². The van der Waals surface area contributed by atoms with Crippen LogP contribution in [0.2, 0.25) is 0 Å². The van der Waals surface area contributed by atoms with Crippen LogP contribution in [0.25, 0.3) is 21.7 Å². The molecular weight excluding hydrogens is 312 g/mol. The first-order valence-electron chi connectivity index (χ1n) is 6.97. The van der Waals surface area contributed by atoms with Crippen molar-refractivity contribution in [3.63, 3.8) is 0 Å². The molecule has 7 heteroatoms. The minimum Gasteiger partial charge on any atom is -0.463 e. The maximum Gasteiger partial charge on any atom is 0.276 e. The Morgan fingerprint density at radius 3 is 3.04 bits per heavy atom. The second-order valence-corrected chi connectivity index (χ2v) is 6.25. The lowest BCUT2D eigenvalue weighted by atomic mass is 10.2. The van der Waals surface area contributed by atoms with E-state index in [0.717, 1.165) is 15.2 Å². The molecular formula is C16H12N4O2S. The molecule has 4 aromatic rings. The van der Waals surface area contributed by atoms with Crippen molar-refractivity contribution in [3.05, 3.63) is 53.4 Å². The molecule has 1 aromatic carbocycles. The van der Waals surface area contributed by atoms with E-state index in [1.165, 1.54) is 0 Å². The summed E-state index contributed by atoms with van der Waals surface area (Å²) in [6.45, 7) is 1.96. The topological polar surface area (TPSA) is 83.8 Å². The molecule has 4 rings (SSSR count). The van der Waals surface area contributed by atoms with Crippen molar-refractivity contribution in [2.24, 2.45) is 0 Å². The van der Waals surface area contributed by atoms with E-state index in [-0.39, 0.29) is 5.91 Å². The number of nitrogens with zero attached hydrogens (tertiary/aromatic N) is 2. The average Bonchev–Trinajstić information content (AvgIpc) is 3.26. The zero-order chi connectivity index (χ0) is 15.8. The summed E-state index contributed by atoms with van der Waals surface area (Å²) in [4.78, 5) is 16.7. The number of aromatic amines is 1. The number of hydrogen-bond acceptors (Lipinski definition) is 5. The van der Waals surface area contributed by atoms with Crippen LogP contribution in [0.4, 0.5) is 5.69 Å². The zero-order valence-electron chi connectivity index (χ0n) is 12.2. The Bertz CT molecular complexity index is 985. The standard InChI is InChI=1S/C16H12N4O2S/c1-9-17-11-5-4-10(7-15(11)23-9)18-16(21)13-8-12(19-20-13)14-3-2-6-22-14/h2-8H,1H3,(H,18,21)(H,19,20). The van der Waals surface area contributed by atoms with Crippen molar-refractivity contribution in [1.82, 2.24) is 15.2 Å². The summed E-state index contributed by atoms with van der Waals surface area (Å²) < 4.78 is 6.31. The first-order valence-corrected chi connectivity index (χ1v) is 7.78. The fraction of sp³-hybridized carbons (Fsp3) is 0.0625. The van der Waals surface area contributed by atoms with Gasteiger partial charge < -0.3 is 9.73 Å². The number of benzene rings is 1. The van der Waals surface area contributed by atoms with Crippen LogP contribution in [0.5, 0.6) is 0 Å². The lowest BCUT2D eigenvalue weighted by Gasteiger charge is -2.02. The summed E-state index contributed by atoms with van der Waals surface area (Å²) in [7, 11) is 0. The van der Waals surface area contributed by atoms with Crippen molar-refractivity contribution in [2.75, 3.05) is 5.32 Å². The monoisotopic (exact) mass is 324 g/mol. The molecule has 0 spiro atoms. The molecule has 0 aliphatic rings. The molecule has 3 heterocycles. The van der Waals surface area contributed by atoms with E-state index in [1.54, 1.807) is 35.8 Å². The molecule has 0 bridgehead atoms. The third kappa shape index (κ3) is 2.62. The molecule has 1 amide bonds. The van der Waals surface area contributed by atoms with Crippen molar-refractivity contribution < 1.29 is 9.21 Å².